The van der Waals surface area contributed by atoms with Crippen LogP contribution in [-0.4, -0.2) is 33.0 Å². The van der Waals surface area contributed by atoms with E-state index < -0.39 is 17.9 Å². The van der Waals surface area contributed by atoms with Gasteiger partial charge in [-0.05, 0) is 41.4 Å². The molecule has 0 spiro atoms. The molecule has 0 fully saturated rings. The van der Waals surface area contributed by atoms with Crippen molar-refractivity contribution in [3.63, 3.8) is 0 Å². The average Bonchev–Trinajstić information content (AvgIpc) is 3.10. The number of ether oxygens (including phenoxy) is 4. The van der Waals surface area contributed by atoms with Crippen molar-refractivity contribution in [3.05, 3.63) is 44.7 Å². The number of fused-ring (bicyclic) bond motifs is 1. The van der Waals surface area contributed by atoms with Crippen LogP contribution in [0.1, 0.15) is 25.3 Å². The molecule has 1 aromatic carbocycles. The summed E-state index contributed by atoms with van der Waals surface area (Å²) in [5.41, 5.74) is 2.56. The fourth-order valence-corrected chi connectivity index (χ4v) is 3.91. The standard InChI is InChI=1S/C18H18BrNO6/c1-8-12(17(21)23-3)14(13(9(2)20-8)18(22)24-4)10-5-6-11-16(15(10)19)26-7-25-11/h5-6,14,20H,7H2,1-4H3. The van der Waals surface area contributed by atoms with Crippen LogP contribution in [0, 0.1) is 0 Å². The van der Waals surface area contributed by atoms with Crippen molar-refractivity contribution in [2.45, 2.75) is 19.8 Å². The van der Waals surface area contributed by atoms with Gasteiger partial charge in [-0.3, -0.25) is 0 Å². The van der Waals surface area contributed by atoms with Crippen molar-refractivity contribution in [3.8, 4) is 11.5 Å². The average molecular weight is 424 g/mol. The van der Waals surface area contributed by atoms with Gasteiger partial charge in [0.15, 0.2) is 11.5 Å². The number of methoxy groups -OCH3 is 2. The minimum absolute atomic E-state index is 0.112. The van der Waals surface area contributed by atoms with E-state index in [2.05, 4.69) is 21.2 Å². The molecule has 0 bridgehead atoms. The van der Waals surface area contributed by atoms with Gasteiger partial charge in [-0.15, -0.1) is 0 Å². The molecule has 0 atom stereocenters. The van der Waals surface area contributed by atoms with Gasteiger partial charge in [0.2, 0.25) is 6.79 Å². The number of hydrogen-bond acceptors (Lipinski definition) is 7. The first-order valence-electron chi connectivity index (χ1n) is 7.83. The highest BCUT2D eigenvalue weighted by Gasteiger charge is 2.39. The molecule has 1 N–H and O–H groups in total. The summed E-state index contributed by atoms with van der Waals surface area (Å²) in [4.78, 5) is 25.0. The van der Waals surface area contributed by atoms with Gasteiger partial charge in [-0.25, -0.2) is 9.59 Å². The fraction of sp³-hybridized carbons (Fsp3) is 0.333. The summed E-state index contributed by atoms with van der Waals surface area (Å²) in [6.45, 7) is 3.64. The van der Waals surface area contributed by atoms with Gasteiger partial charge in [0.25, 0.3) is 0 Å². The van der Waals surface area contributed by atoms with Crippen LogP contribution in [0.15, 0.2) is 39.1 Å². The largest absolute Gasteiger partial charge is 0.466 e. The van der Waals surface area contributed by atoms with E-state index in [0.717, 1.165) is 0 Å². The van der Waals surface area contributed by atoms with E-state index in [1.54, 1.807) is 26.0 Å². The summed E-state index contributed by atoms with van der Waals surface area (Å²) in [5.74, 6) is -0.614. The summed E-state index contributed by atoms with van der Waals surface area (Å²) in [7, 11) is 2.61. The second-order valence-electron chi connectivity index (χ2n) is 5.82. The molecule has 8 heteroatoms. The lowest BCUT2D eigenvalue weighted by Crippen LogP contribution is -2.32. The first-order chi connectivity index (χ1) is 12.4. The Morgan fingerprint density at radius 1 is 1.08 bits per heavy atom. The maximum absolute atomic E-state index is 12.5. The van der Waals surface area contributed by atoms with E-state index in [-0.39, 0.29) is 6.79 Å². The Labute approximate surface area is 159 Å². The molecule has 0 saturated heterocycles. The number of carbonyl (C=O) groups is 2. The first kappa shape index (κ1) is 18.3. The predicted molar refractivity (Wildman–Crippen MR) is 95.6 cm³/mol. The molecule has 2 aliphatic rings. The molecule has 7 nitrogen and oxygen atoms in total. The smallest absolute Gasteiger partial charge is 0.336 e. The summed E-state index contributed by atoms with van der Waals surface area (Å²) in [5, 5.41) is 3.07. The van der Waals surface area contributed by atoms with Gasteiger partial charge in [-0.1, -0.05) is 6.07 Å². The number of nitrogens with one attached hydrogen (secondary N) is 1. The van der Waals surface area contributed by atoms with Crippen LogP contribution in [0.2, 0.25) is 0 Å². The monoisotopic (exact) mass is 423 g/mol. The zero-order chi connectivity index (χ0) is 19.0. The Morgan fingerprint density at radius 3 is 2.19 bits per heavy atom. The Morgan fingerprint density at radius 2 is 1.65 bits per heavy atom. The van der Waals surface area contributed by atoms with Crippen molar-refractivity contribution < 1.29 is 28.5 Å². The number of dihydropyridines is 1. The van der Waals surface area contributed by atoms with Gasteiger partial charge in [-0.2, -0.15) is 0 Å². The lowest BCUT2D eigenvalue weighted by molar-refractivity contribution is -0.137. The molecule has 2 aliphatic heterocycles. The van der Waals surface area contributed by atoms with Crippen LogP contribution in [-0.2, 0) is 19.1 Å². The molecular formula is C18H18BrNO6. The van der Waals surface area contributed by atoms with Crippen molar-refractivity contribution in [2.75, 3.05) is 21.0 Å². The number of hydrogen-bond donors (Lipinski definition) is 1. The van der Waals surface area contributed by atoms with E-state index in [1.165, 1.54) is 14.2 Å². The summed E-state index contributed by atoms with van der Waals surface area (Å²) in [6.07, 6.45) is 0. The molecule has 26 heavy (non-hydrogen) atoms. The van der Waals surface area contributed by atoms with Gasteiger partial charge >= 0.3 is 11.9 Å². The van der Waals surface area contributed by atoms with Gasteiger partial charge < -0.3 is 24.3 Å². The predicted octanol–water partition coefficient (Wildman–Crippen LogP) is 2.76. The molecule has 0 unspecified atom stereocenters. The Hall–Kier alpha value is -2.48. The summed E-state index contributed by atoms with van der Waals surface area (Å²) < 4.78 is 21.4. The minimum Gasteiger partial charge on any atom is -0.466 e. The zero-order valence-electron chi connectivity index (χ0n) is 14.8. The Balaban J connectivity index is 2.25. The van der Waals surface area contributed by atoms with Gasteiger partial charge in [0.1, 0.15) is 0 Å². The lowest BCUT2D eigenvalue weighted by atomic mass is 9.80. The highest BCUT2D eigenvalue weighted by atomic mass is 79.9. The van der Waals surface area contributed by atoms with Crippen molar-refractivity contribution >= 4 is 27.9 Å². The molecule has 0 radical (unpaired) electrons. The van der Waals surface area contributed by atoms with Crippen LogP contribution in [0.25, 0.3) is 0 Å². The summed E-state index contributed by atoms with van der Waals surface area (Å²) >= 11 is 3.53. The maximum Gasteiger partial charge on any atom is 0.336 e. The molecule has 3 rings (SSSR count). The minimum atomic E-state index is -0.681. The highest BCUT2D eigenvalue weighted by Crippen LogP contribution is 2.48. The Kier molecular flexibility index (Phi) is 4.95. The molecule has 0 aliphatic carbocycles. The number of halogens is 1. The quantitative estimate of drug-likeness (QED) is 0.748. The first-order valence-corrected chi connectivity index (χ1v) is 8.63. The van der Waals surface area contributed by atoms with Gasteiger partial charge in [0, 0.05) is 11.4 Å². The highest BCUT2D eigenvalue weighted by molar-refractivity contribution is 9.10. The molecule has 0 saturated carbocycles. The number of esters is 2. The number of allylic oxidation sites excluding steroid dienone is 2. The van der Waals surface area contributed by atoms with Gasteiger partial charge in [0.05, 0.1) is 35.8 Å². The number of rotatable bonds is 3. The van der Waals surface area contributed by atoms with Crippen LogP contribution in [0.3, 0.4) is 0 Å². The van der Waals surface area contributed by atoms with Crippen molar-refractivity contribution in [1.29, 1.82) is 0 Å². The molecule has 0 aromatic heterocycles. The number of carbonyl (C=O) groups excluding carboxylic acids is 2. The second kappa shape index (κ2) is 7.03. The van der Waals surface area contributed by atoms with E-state index >= 15 is 0 Å². The van der Waals surface area contributed by atoms with Crippen molar-refractivity contribution in [1.82, 2.24) is 5.32 Å². The molecule has 1 aromatic rings. The molecular weight excluding hydrogens is 406 g/mol. The van der Waals surface area contributed by atoms with E-state index in [9.17, 15) is 9.59 Å². The number of benzene rings is 1. The third kappa shape index (κ3) is 2.84. The lowest BCUT2D eigenvalue weighted by Gasteiger charge is -2.30. The van der Waals surface area contributed by atoms with E-state index in [4.69, 9.17) is 18.9 Å². The SMILES string of the molecule is COC(=O)C1=C(C)NC(C)=C(C(=O)OC)C1c1ccc2c(c1Br)OCO2. The maximum atomic E-state index is 12.5. The van der Waals surface area contributed by atoms with Crippen LogP contribution in [0.4, 0.5) is 0 Å². The Bertz CT molecular complexity index is 819. The zero-order valence-corrected chi connectivity index (χ0v) is 16.4. The van der Waals surface area contributed by atoms with E-state index in [1.807, 2.05) is 0 Å². The normalized spacial score (nSPS) is 16.5. The second-order valence-corrected chi connectivity index (χ2v) is 6.61. The van der Waals surface area contributed by atoms with Crippen LogP contribution >= 0.6 is 15.9 Å². The topological polar surface area (TPSA) is 83.1 Å². The third-order valence-electron chi connectivity index (χ3n) is 4.39. The van der Waals surface area contributed by atoms with Crippen LogP contribution < -0.4 is 14.8 Å². The molecule has 0 amide bonds. The van der Waals surface area contributed by atoms with Crippen LogP contribution in [0.5, 0.6) is 11.5 Å². The van der Waals surface area contributed by atoms with E-state index in [0.29, 0.717) is 44.1 Å². The molecule has 2 heterocycles. The van der Waals surface area contributed by atoms with Crippen molar-refractivity contribution in [2.24, 2.45) is 0 Å². The molecule has 138 valence electrons. The fourth-order valence-electron chi connectivity index (χ4n) is 3.24. The summed E-state index contributed by atoms with van der Waals surface area (Å²) in [6, 6.07) is 3.54. The third-order valence-corrected chi connectivity index (χ3v) is 5.21.